The molecule has 0 aliphatic heterocycles. The standard InChI is InChI=1S/C12H9BrF3NS/c1-6-4-9(13)11(18-6)8-3-2-7(5-10(8)17)12(14,15)16/h2-5H,17H2,1H3. The third-order valence-electron chi connectivity index (χ3n) is 2.43. The van der Waals surface area contributed by atoms with Gasteiger partial charge in [-0.15, -0.1) is 11.3 Å². The normalized spacial score (nSPS) is 11.8. The third kappa shape index (κ3) is 2.54. The number of rotatable bonds is 1. The lowest BCUT2D eigenvalue weighted by Gasteiger charge is -2.10. The number of anilines is 1. The van der Waals surface area contributed by atoms with Crippen molar-refractivity contribution < 1.29 is 13.2 Å². The first-order valence-corrected chi connectivity index (χ1v) is 6.63. The fourth-order valence-electron chi connectivity index (χ4n) is 1.61. The van der Waals surface area contributed by atoms with Gasteiger partial charge < -0.3 is 5.73 Å². The van der Waals surface area contributed by atoms with Crippen molar-refractivity contribution in [2.45, 2.75) is 13.1 Å². The molecule has 0 saturated carbocycles. The second-order valence-corrected chi connectivity index (χ2v) is 5.94. The monoisotopic (exact) mass is 335 g/mol. The van der Waals surface area contributed by atoms with Gasteiger partial charge in [0.15, 0.2) is 0 Å². The highest BCUT2D eigenvalue weighted by molar-refractivity contribution is 9.10. The van der Waals surface area contributed by atoms with Crippen molar-refractivity contribution in [1.82, 2.24) is 0 Å². The molecule has 0 radical (unpaired) electrons. The largest absolute Gasteiger partial charge is 0.416 e. The topological polar surface area (TPSA) is 26.0 Å². The fraction of sp³-hybridized carbons (Fsp3) is 0.167. The van der Waals surface area contributed by atoms with Crippen LogP contribution in [0, 0.1) is 6.92 Å². The van der Waals surface area contributed by atoms with Gasteiger partial charge in [-0.2, -0.15) is 13.2 Å². The van der Waals surface area contributed by atoms with Gasteiger partial charge in [0.2, 0.25) is 0 Å². The highest BCUT2D eigenvalue weighted by Crippen LogP contribution is 2.41. The van der Waals surface area contributed by atoms with Crippen LogP contribution in [0.2, 0.25) is 0 Å². The molecular weight excluding hydrogens is 327 g/mol. The van der Waals surface area contributed by atoms with Crippen molar-refractivity contribution in [2.24, 2.45) is 0 Å². The van der Waals surface area contributed by atoms with E-state index in [1.165, 1.54) is 17.4 Å². The Labute approximate surface area is 115 Å². The van der Waals surface area contributed by atoms with Gasteiger partial charge in [0.05, 0.1) is 10.4 Å². The minimum absolute atomic E-state index is 0.132. The first-order valence-electron chi connectivity index (χ1n) is 5.02. The molecule has 1 aromatic heterocycles. The van der Waals surface area contributed by atoms with E-state index in [0.717, 1.165) is 26.4 Å². The van der Waals surface area contributed by atoms with E-state index in [0.29, 0.717) is 5.56 Å². The number of benzene rings is 1. The van der Waals surface area contributed by atoms with Gasteiger partial charge >= 0.3 is 6.18 Å². The zero-order chi connectivity index (χ0) is 13.5. The Hall–Kier alpha value is -1.01. The van der Waals surface area contributed by atoms with E-state index in [1.54, 1.807) is 0 Å². The van der Waals surface area contributed by atoms with Crippen LogP contribution in [0.15, 0.2) is 28.7 Å². The molecule has 0 fully saturated rings. The van der Waals surface area contributed by atoms with Crippen LogP contribution in [0.1, 0.15) is 10.4 Å². The minimum atomic E-state index is -4.37. The zero-order valence-electron chi connectivity index (χ0n) is 9.31. The van der Waals surface area contributed by atoms with Crippen LogP contribution in [0.4, 0.5) is 18.9 Å². The summed E-state index contributed by atoms with van der Waals surface area (Å²) in [5, 5.41) is 0. The predicted octanol–water partition coefficient (Wildman–Crippen LogP) is 5.09. The van der Waals surface area contributed by atoms with Crippen LogP contribution < -0.4 is 5.73 Å². The summed E-state index contributed by atoms with van der Waals surface area (Å²) in [5.74, 6) is 0. The van der Waals surface area contributed by atoms with Gasteiger partial charge in [-0.1, -0.05) is 6.07 Å². The second kappa shape index (κ2) is 4.59. The molecule has 0 unspecified atom stereocenters. The van der Waals surface area contributed by atoms with Crippen LogP contribution >= 0.6 is 27.3 Å². The maximum Gasteiger partial charge on any atom is 0.416 e. The molecule has 1 heterocycles. The van der Waals surface area contributed by atoms with Crippen molar-refractivity contribution in [3.63, 3.8) is 0 Å². The average molecular weight is 336 g/mol. The maximum absolute atomic E-state index is 12.5. The number of thiophene rings is 1. The number of nitrogen functional groups attached to an aromatic ring is 1. The highest BCUT2D eigenvalue weighted by Gasteiger charge is 2.31. The Morgan fingerprint density at radius 1 is 1.22 bits per heavy atom. The molecule has 18 heavy (non-hydrogen) atoms. The van der Waals surface area contributed by atoms with Crippen molar-refractivity contribution in [3.8, 4) is 10.4 Å². The van der Waals surface area contributed by atoms with E-state index in [1.807, 2.05) is 13.0 Å². The van der Waals surface area contributed by atoms with Crippen molar-refractivity contribution in [3.05, 3.63) is 39.2 Å². The summed E-state index contributed by atoms with van der Waals surface area (Å²) in [6.45, 7) is 1.93. The summed E-state index contributed by atoms with van der Waals surface area (Å²) in [6.07, 6.45) is -4.37. The van der Waals surface area contributed by atoms with E-state index >= 15 is 0 Å². The number of nitrogens with two attached hydrogens (primary N) is 1. The van der Waals surface area contributed by atoms with Crippen LogP contribution in [-0.2, 0) is 6.18 Å². The van der Waals surface area contributed by atoms with Gasteiger partial charge in [-0.25, -0.2) is 0 Å². The maximum atomic E-state index is 12.5. The van der Waals surface area contributed by atoms with Crippen molar-refractivity contribution in [1.29, 1.82) is 0 Å². The third-order valence-corrected chi connectivity index (χ3v) is 4.41. The number of aryl methyl sites for hydroxylation is 1. The van der Waals surface area contributed by atoms with Gasteiger partial charge in [-0.05, 0) is 41.1 Å². The summed E-state index contributed by atoms with van der Waals surface area (Å²) in [7, 11) is 0. The molecule has 96 valence electrons. The van der Waals surface area contributed by atoms with Gasteiger partial charge in [0.1, 0.15) is 0 Å². The number of halogens is 4. The molecule has 0 saturated heterocycles. The van der Waals surface area contributed by atoms with Crippen molar-refractivity contribution >= 4 is 33.0 Å². The molecule has 0 atom stereocenters. The second-order valence-electron chi connectivity index (χ2n) is 3.83. The zero-order valence-corrected chi connectivity index (χ0v) is 11.7. The van der Waals surface area contributed by atoms with Gasteiger partial charge in [0.25, 0.3) is 0 Å². The molecule has 0 bridgehead atoms. The molecule has 2 aromatic rings. The van der Waals surface area contributed by atoms with Crippen molar-refractivity contribution in [2.75, 3.05) is 5.73 Å². The first-order chi connectivity index (χ1) is 8.29. The van der Waals surface area contributed by atoms with Crippen LogP contribution in [0.25, 0.3) is 10.4 Å². The molecule has 0 spiro atoms. The minimum Gasteiger partial charge on any atom is -0.398 e. The quantitative estimate of drug-likeness (QED) is 0.722. The molecule has 0 amide bonds. The van der Waals surface area contributed by atoms with E-state index in [4.69, 9.17) is 5.73 Å². The summed E-state index contributed by atoms with van der Waals surface area (Å²) >= 11 is 4.87. The van der Waals surface area contributed by atoms with Crippen LogP contribution in [0.5, 0.6) is 0 Å². The summed E-state index contributed by atoms with van der Waals surface area (Å²) in [5.41, 5.74) is 5.74. The lowest BCUT2D eigenvalue weighted by molar-refractivity contribution is -0.137. The average Bonchev–Trinajstić information content (AvgIpc) is 2.56. The molecule has 6 heteroatoms. The Kier molecular flexibility index (Phi) is 3.42. The molecule has 1 aromatic carbocycles. The summed E-state index contributed by atoms with van der Waals surface area (Å²) < 4.78 is 38.4. The van der Waals surface area contributed by atoms with E-state index in [2.05, 4.69) is 15.9 Å². The van der Waals surface area contributed by atoms with E-state index in [-0.39, 0.29) is 5.69 Å². The fourth-order valence-corrected chi connectivity index (χ4v) is 3.51. The van der Waals surface area contributed by atoms with E-state index in [9.17, 15) is 13.2 Å². The smallest absolute Gasteiger partial charge is 0.398 e. The van der Waals surface area contributed by atoms with Gasteiger partial charge in [0, 0.05) is 20.6 Å². The Morgan fingerprint density at radius 2 is 1.89 bits per heavy atom. The van der Waals surface area contributed by atoms with E-state index < -0.39 is 11.7 Å². The highest BCUT2D eigenvalue weighted by atomic mass is 79.9. The molecular formula is C12H9BrF3NS. The molecule has 0 aliphatic carbocycles. The number of hydrogen-bond acceptors (Lipinski definition) is 2. The lowest BCUT2D eigenvalue weighted by Crippen LogP contribution is -2.05. The summed E-state index contributed by atoms with van der Waals surface area (Å²) in [4.78, 5) is 1.91. The van der Waals surface area contributed by atoms with Crippen LogP contribution in [0.3, 0.4) is 0 Å². The Bertz CT molecular complexity index is 589. The first kappa shape index (κ1) is 13.4. The van der Waals surface area contributed by atoms with Crippen LogP contribution in [-0.4, -0.2) is 0 Å². The SMILES string of the molecule is Cc1cc(Br)c(-c2ccc(C(F)(F)F)cc2N)s1. The predicted molar refractivity (Wildman–Crippen MR) is 71.6 cm³/mol. The molecule has 2 N–H and O–H groups in total. The Morgan fingerprint density at radius 3 is 2.33 bits per heavy atom. The number of alkyl halides is 3. The number of hydrogen-bond donors (Lipinski definition) is 1. The molecule has 0 aliphatic rings. The molecule has 2 rings (SSSR count). The molecule has 1 nitrogen and oxygen atoms in total. The lowest BCUT2D eigenvalue weighted by atomic mass is 10.1. The Balaban J connectivity index is 2.51. The van der Waals surface area contributed by atoms with Gasteiger partial charge in [-0.3, -0.25) is 0 Å². The summed E-state index contributed by atoms with van der Waals surface area (Å²) in [6, 6.07) is 5.34.